The third-order valence-corrected chi connectivity index (χ3v) is 2.81. The molecule has 17 heavy (non-hydrogen) atoms. The van der Waals surface area contributed by atoms with Crippen LogP contribution >= 0.6 is 0 Å². The average Bonchev–Trinajstić information content (AvgIpc) is 2.32. The number of carbonyl (C=O) groups is 1. The molecule has 1 fully saturated rings. The first-order chi connectivity index (χ1) is 8.25. The molecule has 2 rings (SSSR count). The molecule has 0 saturated heterocycles. The van der Waals surface area contributed by atoms with Gasteiger partial charge in [0.25, 0.3) is 5.56 Å². The van der Waals surface area contributed by atoms with Gasteiger partial charge in [-0.15, -0.1) is 5.11 Å². The second-order valence-corrected chi connectivity index (χ2v) is 4.09. The number of hydrogen-bond donors (Lipinski definition) is 1. The third kappa shape index (κ3) is 3.30. The van der Waals surface area contributed by atoms with E-state index in [0.29, 0.717) is 13.0 Å². The van der Waals surface area contributed by atoms with Gasteiger partial charge in [-0.3, -0.25) is 14.6 Å². The molecule has 0 aliphatic heterocycles. The van der Waals surface area contributed by atoms with Crippen LogP contribution in [0.5, 0.6) is 0 Å². The van der Waals surface area contributed by atoms with E-state index in [1.54, 1.807) is 0 Å². The standard InChI is InChI=1S/C11H14N4O2/c16-9-4-2-1-3-8(9)7-13-15-11-12-6-5-10(17)14-11/h5-6,8H,1-4,7H2,(H,12,14,17). The van der Waals surface area contributed by atoms with Crippen LogP contribution in [0.2, 0.25) is 0 Å². The number of H-pyrrole nitrogens is 1. The number of Topliss-reactive ketones (excluding diaryl/α,β-unsaturated/α-hetero) is 1. The fourth-order valence-electron chi connectivity index (χ4n) is 1.87. The molecule has 90 valence electrons. The Bertz CT molecular complexity index is 480. The summed E-state index contributed by atoms with van der Waals surface area (Å²) in [6, 6.07) is 1.31. The third-order valence-electron chi connectivity index (χ3n) is 2.81. The van der Waals surface area contributed by atoms with Crippen LogP contribution in [0.1, 0.15) is 25.7 Å². The fraction of sp³-hybridized carbons (Fsp3) is 0.545. The summed E-state index contributed by atoms with van der Waals surface area (Å²) in [5, 5.41) is 7.73. The lowest BCUT2D eigenvalue weighted by atomic mass is 9.88. The molecule has 1 heterocycles. The number of ketones is 1. The summed E-state index contributed by atoms with van der Waals surface area (Å²) < 4.78 is 0. The SMILES string of the molecule is O=C1CCCCC1CN=Nc1nccc(=O)[nH]1. The molecule has 0 spiro atoms. The molecule has 1 aliphatic rings. The number of nitrogens with zero attached hydrogens (tertiary/aromatic N) is 3. The molecule has 1 saturated carbocycles. The van der Waals surface area contributed by atoms with Crippen molar-refractivity contribution >= 4 is 11.7 Å². The van der Waals surface area contributed by atoms with Gasteiger partial charge in [0.2, 0.25) is 5.95 Å². The van der Waals surface area contributed by atoms with Gasteiger partial charge in [-0.05, 0) is 12.8 Å². The Labute approximate surface area is 98.2 Å². The summed E-state index contributed by atoms with van der Waals surface area (Å²) in [6.45, 7) is 0.386. The largest absolute Gasteiger partial charge is 0.299 e. The normalized spacial score (nSPS) is 20.9. The van der Waals surface area contributed by atoms with E-state index in [4.69, 9.17) is 0 Å². The highest BCUT2D eigenvalue weighted by atomic mass is 16.1. The molecule has 0 radical (unpaired) electrons. The Kier molecular flexibility index (Phi) is 3.74. The maximum Gasteiger partial charge on any atom is 0.252 e. The Morgan fingerprint density at radius 1 is 1.41 bits per heavy atom. The molecule has 0 bridgehead atoms. The highest BCUT2D eigenvalue weighted by Crippen LogP contribution is 2.20. The quantitative estimate of drug-likeness (QED) is 0.806. The number of nitrogens with one attached hydrogen (secondary N) is 1. The monoisotopic (exact) mass is 234 g/mol. The summed E-state index contributed by atoms with van der Waals surface area (Å²) in [4.78, 5) is 28.8. The Balaban J connectivity index is 1.93. The van der Waals surface area contributed by atoms with Crippen molar-refractivity contribution in [2.45, 2.75) is 25.7 Å². The Morgan fingerprint density at radius 2 is 2.29 bits per heavy atom. The van der Waals surface area contributed by atoms with Crippen molar-refractivity contribution in [3.8, 4) is 0 Å². The molecule has 1 atom stereocenters. The summed E-state index contributed by atoms with van der Waals surface area (Å²) >= 11 is 0. The molecule has 6 heteroatoms. The summed E-state index contributed by atoms with van der Waals surface area (Å²) in [5.74, 6) is 0.438. The summed E-state index contributed by atoms with van der Waals surface area (Å²) in [5.41, 5.74) is -0.261. The van der Waals surface area contributed by atoms with E-state index >= 15 is 0 Å². The highest BCUT2D eigenvalue weighted by Gasteiger charge is 2.21. The van der Waals surface area contributed by atoms with Gasteiger partial charge < -0.3 is 0 Å². The lowest BCUT2D eigenvalue weighted by molar-refractivity contribution is -0.124. The maximum atomic E-state index is 11.5. The second kappa shape index (κ2) is 5.47. The van der Waals surface area contributed by atoms with Gasteiger partial charge >= 0.3 is 0 Å². The molecule has 1 aromatic heterocycles. The summed E-state index contributed by atoms with van der Waals surface area (Å²) in [6.07, 6.45) is 4.97. The predicted molar refractivity (Wildman–Crippen MR) is 61.2 cm³/mol. The molecule has 1 unspecified atom stereocenters. The predicted octanol–water partition coefficient (Wildman–Crippen LogP) is 1.61. The highest BCUT2D eigenvalue weighted by molar-refractivity contribution is 5.81. The maximum absolute atomic E-state index is 11.5. The van der Waals surface area contributed by atoms with Crippen LogP contribution in [0, 0.1) is 5.92 Å². The molecule has 1 aromatic rings. The van der Waals surface area contributed by atoms with E-state index < -0.39 is 0 Å². The molecule has 0 amide bonds. The van der Waals surface area contributed by atoms with Crippen molar-refractivity contribution in [2.75, 3.05) is 6.54 Å². The van der Waals surface area contributed by atoms with Crippen LogP contribution in [0.25, 0.3) is 0 Å². The number of hydrogen-bond acceptors (Lipinski definition) is 5. The van der Waals surface area contributed by atoms with Crippen molar-refractivity contribution in [3.63, 3.8) is 0 Å². The first kappa shape index (κ1) is 11.6. The van der Waals surface area contributed by atoms with E-state index in [9.17, 15) is 9.59 Å². The van der Waals surface area contributed by atoms with Crippen LogP contribution in [-0.4, -0.2) is 22.3 Å². The topological polar surface area (TPSA) is 87.5 Å². The minimum Gasteiger partial charge on any atom is -0.299 e. The smallest absolute Gasteiger partial charge is 0.252 e. The Morgan fingerprint density at radius 3 is 3.06 bits per heavy atom. The van der Waals surface area contributed by atoms with Gasteiger partial charge in [-0.2, -0.15) is 5.11 Å². The minimum absolute atomic E-state index is 0.0112. The van der Waals surface area contributed by atoms with E-state index in [1.165, 1.54) is 12.3 Å². The van der Waals surface area contributed by atoms with Crippen molar-refractivity contribution < 1.29 is 4.79 Å². The number of carbonyl (C=O) groups excluding carboxylic acids is 1. The van der Waals surface area contributed by atoms with Crippen LogP contribution in [-0.2, 0) is 4.79 Å². The Hall–Kier alpha value is -1.85. The zero-order valence-corrected chi connectivity index (χ0v) is 9.43. The zero-order valence-electron chi connectivity index (χ0n) is 9.43. The van der Waals surface area contributed by atoms with E-state index in [2.05, 4.69) is 20.2 Å². The van der Waals surface area contributed by atoms with Gasteiger partial charge in [0, 0.05) is 24.6 Å². The molecular weight excluding hydrogens is 220 g/mol. The molecule has 1 N–H and O–H groups in total. The van der Waals surface area contributed by atoms with Crippen molar-refractivity contribution in [2.24, 2.45) is 16.1 Å². The molecule has 6 nitrogen and oxygen atoms in total. The van der Waals surface area contributed by atoms with Gasteiger partial charge in [-0.1, -0.05) is 6.42 Å². The van der Waals surface area contributed by atoms with E-state index in [1.807, 2.05) is 0 Å². The zero-order chi connectivity index (χ0) is 12.1. The van der Waals surface area contributed by atoms with E-state index in [0.717, 1.165) is 19.3 Å². The minimum atomic E-state index is -0.261. The first-order valence-electron chi connectivity index (χ1n) is 5.71. The van der Waals surface area contributed by atoms with Crippen LogP contribution in [0.4, 0.5) is 5.95 Å². The molecule has 1 aliphatic carbocycles. The number of aromatic nitrogens is 2. The number of rotatable bonds is 3. The van der Waals surface area contributed by atoms with E-state index in [-0.39, 0.29) is 23.2 Å². The van der Waals surface area contributed by atoms with Gasteiger partial charge in [0.1, 0.15) is 5.78 Å². The van der Waals surface area contributed by atoms with Crippen LogP contribution < -0.4 is 5.56 Å². The molecule has 0 aromatic carbocycles. The van der Waals surface area contributed by atoms with Crippen LogP contribution in [0.15, 0.2) is 27.3 Å². The van der Waals surface area contributed by atoms with Crippen LogP contribution in [0.3, 0.4) is 0 Å². The number of aromatic amines is 1. The molecular formula is C11H14N4O2. The number of azo groups is 1. The first-order valence-corrected chi connectivity index (χ1v) is 5.71. The van der Waals surface area contributed by atoms with Crippen molar-refractivity contribution in [1.82, 2.24) is 9.97 Å². The van der Waals surface area contributed by atoms with Gasteiger partial charge in [-0.25, -0.2) is 4.98 Å². The van der Waals surface area contributed by atoms with Gasteiger partial charge in [0.15, 0.2) is 0 Å². The lowest BCUT2D eigenvalue weighted by Gasteiger charge is -2.17. The second-order valence-electron chi connectivity index (χ2n) is 4.09. The lowest BCUT2D eigenvalue weighted by Crippen LogP contribution is -2.21. The van der Waals surface area contributed by atoms with Crippen molar-refractivity contribution in [1.29, 1.82) is 0 Å². The van der Waals surface area contributed by atoms with Gasteiger partial charge in [0.05, 0.1) is 6.54 Å². The fourth-order valence-corrected chi connectivity index (χ4v) is 1.87. The van der Waals surface area contributed by atoms with Crippen molar-refractivity contribution in [3.05, 3.63) is 22.6 Å². The summed E-state index contributed by atoms with van der Waals surface area (Å²) in [7, 11) is 0. The average molecular weight is 234 g/mol.